The molecule has 0 spiro atoms. The Balaban J connectivity index is 2.05. The Morgan fingerprint density at radius 2 is 2.31 bits per heavy atom. The predicted octanol–water partition coefficient (Wildman–Crippen LogP) is 0.562. The topological polar surface area (TPSA) is 115 Å². The van der Waals surface area contributed by atoms with E-state index in [0.717, 1.165) is 6.42 Å². The molecule has 26 heavy (non-hydrogen) atoms. The summed E-state index contributed by atoms with van der Waals surface area (Å²) in [5.41, 5.74) is 5.60. The summed E-state index contributed by atoms with van der Waals surface area (Å²) < 4.78 is 44.5. The van der Waals surface area contributed by atoms with E-state index in [-0.39, 0.29) is 48.0 Å². The maximum atomic E-state index is 12.7. The molecule has 1 amide bonds. The molecule has 0 unspecified atom stereocenters. The third-order valence-corrected chi connectivity index (χ3v) is 5.81. The number of ether oxygens (including phenoxy) is 1. The molecule has 0 aromatic carbocycles. The molecule has 144 valence electrons. The third kappa shape index (κ3) is 5.23. The molecule has 8 nitrogen and oxygen atoms in total. The van der Waals surface area contributed by atoms with Crippen LogP contribution in [-0.4, -0.2) is 55.9 Å². The van der Waals surface area contributed by atoms with Crippen molar-refractivity contribution in [1.29, 1.82) is 0 Å². The number of sulfonamides is 1. The number of carbonyl (C=O) groups excluding carboxylic acids is 1. The highest BCUT2D eigenvalue weighted by Gasteiger charge is 2.30. The van der Waals surface area contributed by atoms with Crippen LogP contribution in [0.3, 0.4) is 0 Å². The van der Waals surface area contributed by atoms with Crippen LogP contribution in [-0.2, 0) is 14.8 Å². The first-order valence-corrected chi connectivity index (χ1v) is 9.65. The lowest BCUT2D eigenvalue weighted by Crippen LogP contribution is -2.49. The highest BCUT2D eigenvalue weighted by molar-refractivity contribution is 7.89. The van der Waals surface area contributed by atoms with E-state index >= 15 is 0 Å². The lowest BCUT2D eigenvalue weighted by atomic mass is 10.1. The minimum atomic E-state index is -3.72. The Hall–Kier alpha value is -2.04. The van der Waals surface area contributed by atoms with Gasteiger partial charge in [0.25, 0.3) is 0 Å². The quantitative estimate of drug-likeness (QED) is 0.708. The normalized spacial score (nSPS) is 19.2. The number of halogens is 1. The Labute approximate surface area is 152 Å². The smallest absolute Gasteiger partial charge is 0.244 e. The van der Waals surface area contributed by atoms with Crippen LogP contribution in [0.15, 0.2) is 35.1 Å². The summed E-state index contributed by atoms with van der Waals surface area (Å²) in [6, 6.07) is 2.60. The van der Waals surface area contributed by atoms with E-state index in [0.29, 0.717) is 19.3 Å². The molecule has 1 atom stereocenters. The summed E-state index contributed by atoms with van der Waals surface area (Å²) >= 11 is 0. The molecule has 1 aromatic heterocycles. The zero-order valence-electron chi connectivity index (χ0n) is 14.5. The molecule has 3 N–H and O–H groups in total. The number of nitrogens with one attached hydrogen (secondary N) is 1. The number of carbonyl (C=O) groups is 1. The van der Waals surface area contributed by atoms with Gasteiger partial charge >= 0.3 is 0 Å². The van der Waals surface area contributed by atoms with Crippen molar-refractivity contribution < 1.29 is 22.3 Å². The zero-order valence-corrected chi connectivity index (χ0v) is 15.3. The van der Waals surface area contributed by atoms with Gasteiger partial charge in [-0.05, 0) is 18.9 Å². The van der Waals surface area contributed by atoms with Crippen LogP contribution in [0.25, 0.3) is 0 Å². The highest BCUT2D eigenvalue weighted by Crippen LogP contribution is 2.21. The van der Waals surface area contributed by atoms with Gasteiger partial charge in [-0.2, -0.15) is 4.31 Å². The van der Waals surface area contributed by atoms with Gasteiger partial charge in [0.05, 0.1) is 12.5 Å². The number of nitrogens with two attached hydrogens (primary N) is 1. The number of hydrogen-bond acceptors (Lipinski definition) is 6. The van der Waals surface area contributed by atoms with E-state index in [2.05, 4.69) is 10.3 Å². The first-order chi connectivity index (χ1) is 12.4. The maximum Gasteiger partial charge on any atom is 0.244 e. The summed E-state index contributed by atoms with van der Waals surface area (Å²) in [6.07, 6.45) is 2.98. The molecule has 2 rings (SSSR count). The molecule has 1 fully saturated rings. The second kappa shape index (κ2) is 9.06. The fraction of sp³-hybridized carbons (Fsp3) is 0.500. The number of aromatic nitrogens is 1. The lowest BCUT2D eigenvalue weighted by Gasteiger charge is -2.32. The van der Waals surface area contributed by atoms with Crippen molar-refractivity contribution in [2.75, 3.05) is 26.2 Å². The number of nitrogens with zero attached hydrogens (tertiary/aromatic N) is 2. The molecular formula is C16H23FN4O4S. The molecule has 0 radical (unpaired) electrons. The maximum absolute atomic E-state index is 12.7. The van der Waals surface area contributed by atoms with Gasteiger partial charge in [0.15, 0.2) is 0 Å². The Kier molecular flexibility index (Phi) is 7.06. The van der Waals surface area contributed by atoms with Crippen molar-refractivity contribution >= 4 is 15.9 Å². The minimum absolute atomic E-state index is 0.0212. The average molecular weight is 386 g/mol. The fourth-order valence-corrected chi connectivity index (χ4v) is 4.09. The number of rotatable bonds is 7. The summed E-state index contributed by atoms with van der Waals surface area (Å²) in [4.78, 5) is 15.2. The predicted molar refractivity (Wildman–Crippen MR) is 93.6 cm³/mol. The van der Waals surface area contributed by atoms with Gasteiger partial charge in [-0.1, -0.05) is 0 Å². The van der Waals surface area contributed by atoms with Gasteiger partial charge in [0, 0.05) is 44.2 Å². The highest BCUT2D eigenvalue weighted by atomic mass is 32.2. The SMILES string of the molecule is CC(=O)N[C@H]1CCCN(S(=O)(=O)c2ccc(OC/C(=C\F)CN)nc2)C1. The Bertz CT molecular complexity index is 752. The molecule has 1 aromatic rings. The molecule has 2 heterocycles. The van der Waals surface area contributed by atoms with Crippen molar-refractivity contribution in [2.45, 2.75) is 30.7 Å². The number of amides is 1. The lowest BCUT2D eigenvalue weighted by molar-refractivity contribution is -0.119. The van der Waals surface area contributed by atoms with E-state index in [1.165, 1.54) is 29.6 Å². The van der Waals surface area contributed by atoms with Gasteiger partial charge in [-0.25, -0.2) is 17.8 Å². The second-order valence-electron chi connectivity index (χ2n) is 6.00. The van der Waals surface area contributed by atoms with Crippen LogP contribution in [0, 0.1) is 0 Å². The number of pyridine rings is 1. The standard InChI is InChI=1S/C16H23FN4O4S/c1-12(22)20-14-3-2-6-21(10-14)26(23,24)15-4-5-16(19-9-15)25-11-13(7-17)8-18/h4-5,7,9,14H,2-3,6,8,10-11,18H2,1H3,(H,20,22)/b13-7-/t14-/m0/s1. The van der Waals surface area contributed by atoms with E-state index < -0.39 is 10.0 Å². The van der Waals surface area contributed by atoms with Gasteiger partial charge in [0.1, 0.15) is 11.5 Å². The zero-order chi connectivity index (χ0) is 19.2. The number of hydrogen-bond donors (Lipinski definition) is 2. The monoisotopic (exact) mass is 386 g/mol. The van der Waals surface area contributed by atoms with Gasteiger partial charge in [-0.3, -0.25) is 4.79 Å². The average Bonchev–Trinajstić information content (AvgIpc) is 2.62. The van der Waals surface area contributed by atoms with Crippen LogP contribution in [0.5, 0.6) is 5.88 Å². The van der Waals surface area contributed by atoms with Crippen LogP contribution < -0.4 is 15.8 Å². The van der Waals surface area contributed by atoms with Gasteiger partial charge < -0.3 is 15.8 Å². The van der Waals surface area contributed by atoms with Crippen LogP contribution in [0.1, 0.15) is 19.8 Å². The van der Waals surface area contributed by atoms with Gasteiger partial charge in [-0.15, -0.1) is 0 Å². The van der Waals surface area contributed by atoms with E-state index in [1.54, 1.807) is 0 Å². The molecule has 1 aliphatic heterocycles. The van der Waals surface area contributed by atoms with Crippen molar-refractivity contribution in [2.24, 2.45) is 5.73 Å². The van der Waals surface area contributed by atoms with E-state index in [4.69, 9.17) is 10.5 Å². The van der Waals surface area contributed by atoms with Crippen LogP contribution in [0.4, 0.5) is 4.39 Å². The van der Waals surface area contributed by atoms with Crippen molar-refractivity contribution in [3.8, 4) is 5.88 Å². The summed E-state index contributed by atoms with van der Waals surface area (Å²) in [7, 11) is -3.72. The summed E-state index contributed by atoms with van der Waals surface area (Å²) in [5, 5.41) is 2.76. The summed E-state index contributed by atoms with van der Waals surface area (Å²) in [6.45, 7) is 1.98. The first-order valence-electron chi connectivity index (χ1n) is 8.21. The molecule has 0 saturated carbocycles. The van der Waals surface area contributed by atoms with E-state index in [9.17, 15) is 17.6 Å². The molecule has 10 heteroatoms. The van der Waals surface area contributed by atoms with Gasteiger partial charge in [0.2, 0.25) is 21.8 Å². The molecule has 0 aliphatic carbocycles. The molecule has 1 aliphatic rings. The van der Waals surface area contributed by atoms with Crippen LogP contribution in [0.2, 0.25) is 0 Å². The van der Waals surface area contributed by atoms with Crippen LogP contribution >= 0.6 is 0 Å². The number of piperidine rings is 1. The first kappa shape index (κ1) is 20.3. The largest absolute Gasteiger partial charge is 0.473 e. The molecule has 1 saturated heterocycles. The van der Waals surface area contributed by atoms with E-state index in [1.807, 2.05) is 0 Å². The molecular weight excluding hydrogens is 363 g/mol. The van der Waals surface area contributed by atoms with Crippen molar-refractivity contribution in [3.63, 3.8) is 0 Å². The Morgan fingerprint density at radius 3 is 2.88 bits per heavy atom. The van der Waals surface area contributed by atoms with Crippen molar-refractivity contribution in [3.05, 3.63) is 30.2 Å². The fourth-order valence-electron chi connectivity index (χ4n) is 2.62. The summed E-state index contributed by atoms with van der Waals surface area (Å²) in [5.74, 6) is -0.0110. The Morgan fingerprint density at radius 1 is 1.54 bits per heavy atom. The minimum Gasteiger partial charge on any atom is -0.473 e. The third-order valence-electron chi connectivity index (χ3n) is 3.96. The second-order valence-corrected chi connectivity index (χ2v) is 7.93. The van der Waals surface area contributed by atoms with Crippen molar-refractivity contribution in [1.82, 2.24) is 14.6 Å². The molecule has 0 bridgehead atoms.